The minimum Gasteiger partial charge on any atom is -0.420 e. The number of esters is 1. The third kappa shape index (κ3) is 1.97. The van der Waals surface area contributed by atoms with Crippen molar-refractivity contribution in [2.24, 2.45) is 0 Å². The first-order valence-electron chi connectivity index (χ1n) is 4.19. The van der Waals surface area contributed by atoms with Gasteiger partial charge < -0.3 is 9.72 Å². The average Bonchev–Trinajstić information content (AvgIpc) is 2.63. The van der Waals surface area contributed by atoms with Crippen molar-refractivity contribution in [1.82, 2.24) is 9.97 Å². The van der Waals surface area contributed by atoms with Gasteiger partial charge >= 0.3 is 12.1 Å². The van der Waals surface area contributed by atoms with Crippen molar-refractivity contribution in [3.63, 3.8) is 0 Å². The maximum Gasteiger partial charge on any atom is 0.491 e. The number of alkyl halides is 3. The van der Waals surface area contributed by atoms with Gasteiger partial charge in [0.1, 0.15) is 5.75 Å². The summed E-state index contributed by atoms with van der Waals surface area (Å²) in [4.78, 5) is 17.1. The Kier molecular flexibility index (Phi) is 2.30. The number of fused-ring (bicyclic) bond motifs is 1. The molecule has 0 aliphatic rings. The molecule has 16 heavy (non-hydrogen) atoms. The second kappa shape index (κ2) is 3.51. The van der Waals surface area contributed by atoms with E-state index in [-0.39, 0.29) is 5.75 Å². The highest BCUT2D eigenvalue weighted by molar-refractivity contribution is 5.81. The first-order chi connectivity index (χ1) is 7.47. The van der Waals surface area contributed by atoms with Crippen molar-refractivity contribution >= 4 is 17.0 Å². The highest BCUT2D eigenvalue weighted by Crippen LogP contribution is 2.22. The minimum absolute atomic E-state index is 0.181. The van der Waals surface area contributed by atoms with Gasteiger partial charge in [0.25, 0.3) is 0 Å². The van der Waals surface area contributed by atoms with Crippen LogP contribution in [-0.4, -0.2) is 22.1 Å². The van der Waals surface area contributed by atoms with E-state index in [1.165, 1.54) is 24.5 Å². The number of aromatic nitrogens is 2. The molecule has 0 radical (unpaired) electrons. The fraction of sp³-hybridized carbons (Fsp3) is 0.111. The molecule has 1 N–H and O–H groups in total. The molecular formula is C9H5F3N2O2. The van der Waals surface area contributed by atoms with E-state index in [0.717, 1.165) is 0 Å². The van der Waals surface area contributed by atoms with E-state index in [0.29, 0.717) is 11.0 Å². The van der Waals surface area contributed by atoms with Gasteiger partial charge in [-0.25, -0.2) is 9.78 Å². The molecule has 7 heteroatoms. The Morgan fingerprint density at radius 3 is 2.81 bits per heavy atom. The molecule has 1 aromatic carbocycles. The SMILES string of the molecule is O=C(Oc1ccc2nc[nH]c2c1)C(F)(F)F. The van der Waals surface area contributed by atoms with Gasteiger partial charge in [0.05, 0.1) is 17.4 Å². The number of ether oxygens (including phenoxy) is 1. The normalized spacial score (nSPS) is 11.7. The molecule has 0 aliphatic heterocycles. The molecule has 4 nitrogen and oxygen atoms in total. The molecule has 0 aliphatic carbocycles. The number of rotatable bonds is 1. The van der Waals surface area contributed by atoms with Crippen LogP contribution >= 0.6 is 0 Å². The van der Waals surface area contributed by atoms with E-state index in [9.17, 15) is 18.0 Å². The number of carbonyl (C=O) groups excluding carboxylic acids is 1. The molecule has 84 valence electrons. The highest BCUT2D eigenvalue weighted by Gasteiger charge is 2.41. The molecule has 0 spiro atoms. The summed E-state index contributed by atoms with van der Waals surface area (Å²) in [6, 6.07) is 3.96. The molecule has 0 amide bonds. The number of hydrogen-bond donors (Lipinski definition) is 1. The van der Waals surface area contributed by atoms with E-state index in [4.69, 9.17) is 0 Å². The van der Waals surface area contributed by atoms with Gasteiger partial charge in [0, 0.05) is 6.07 Å². The van der Waals surface area contributed by atoms with Crippen LogP contribution in [0.3, 0.4) is 0 Å². The lowest BCUT2D eigenvalue weighted by Crippen LogP contribution is -2.27. The Morgan fingerprint density at radius 2 is 2.12 bits per heavy atom. The molecule has 2 rings (SSSR count). The van der Waals surface area contributed by atoms with Gasteiger partial charge in [-0.15, -0.1) is 0 Å². The molecule has 0 saturated heterocycles. The van der Waals surface area contributed by atoms with Gasteiger partial charge in [-0.3, -0.25) is 0 Å². The Morgan fingerprint density at radius 1 is 1.38 bits per heavy atom. The molecule has 0 unspecified atom stereocenters. The third-order valence-corrected chi connectivity index (χ3v) is 1.83. The van der Waals surface area contributed by atoms with Crippen molar-refractivity contribution in [1.29, 1.82) is 0 Å². The molecule has 0 atom stereocenters. The maximum absolute atomic E-state index is 11.9. The van der Waals surface area contributed by atoms with Gasteiger partial charge in [0.15, 0.2) is 0 Å². The Balaban J connectivity index is 2.24. The second-order valence-electron chi connectivity index (χ2n) is 2.97. The van der Waals surface area contributed by atoms with Crippen LogP contribution in [0.2, 0.25) is 0 Å². The summed E-state index contributed by atoms with van der Waals surface area (Å²) in [6.07, 6.45) is -3.61. The second-order valence-corrected chi connectivity index (χ2v) is 2.97. The van der Waals surface area contributed by atoms with Crippen LogP contribution in [-0.2, 0) is 4.79 Å². The van der Waals surface area contributed by atoms with Crippen molar-refractivity contribution < 1.29 is 22.7 Å². The average molecular weight is 230 g/mol. The van der Waals surface area contributed by atoms with Crippen molar-refractivity contribution in [2.75, 3.05) is 0 Å². The lowest BCUT2D eigenvalue weighted by atomic mass is 10.3. The summed E-state index contributed by atoms with van der Waals surface area (Å²) in [7, 11) is 0. The van der Waals surface area contributed by atoms with Crippen LogP contribution in [0.1, 0.15) is 0 Å². The number of carbonyl (C=O) groups is 1. The van der Waals surface area contributed by atoms with Gasteiger partial charge in [-0.2, -0.15) is 13.2 Å². The number of aromatic amines is 1. The van der Waals surface area contributed by atoms with Gasteiger partial charge in [-0.05, 0) is 12.1 Å². The third-order valence-electron chi connectivity index (χ3n) is 1.83. The fourth-order valence-electron chi connectivity index (χ4n) is 1.14. The lowest BCUT2D eigenvalue weighted by Gasteiger charge is -2.06. The summed E-state index contributed by atoms with van der Waals surface area (Å²) in [5, 5.41) is 0. The zero-order valence-corrected chi connectivity index (χ0v) is 7.71. The lowest BCUT2D eigenvalue weighted by molar-refractivity contribution is -0.189. The summed E-state index contributed by atoms with van der Waals surface area (Å²) in [5.41, 5.74) is 1.07. The number of H-pyrrole nitrogens is 1. The molecule has 1 heterocycles. The smallest absolute Gasteiger partial charge is 0.420 e. The van der Waals surface area contributed by atoms with Crippen LogP contribution in [0, 0.1) is 0 Å². The zero-order chi connectivity index (χ0) is 11.8. The first-order valence-corrected chi connectivity index (χ1v) is 4.19. The monoisotopic (exact) mass is 230 g/mol. The predicted molar refractivity (Wildman–Crippen MR) is 47.8 cm³/mol. The molecule has 1 aromatic heterocycles. The summed E-state index contributed by atoms with van der Waals surface area (Å²) >= 11 is 0. The Hall–Kier alpha value is -2.05. The minimum atomic E-state index is -5.00. The van der Waals surface area contributed by atoms with Crippen molar-refractivity contribution in [3.05, 3.63) is 24.5 Å². The number of nitrogens with one attached hydrogen (secondary N) is 1. The van der Waals surface area contributed by atoms with E-state index < -0.39 is 12.1 Å². The predicted octanol–water partition coefficient (Wildman–Crippen LogP) is 2.03. The van der Waals surface area contributed by atoms with Crippen LogP contribution in [0.15, 0.2) is 24.5 Å². The Labute approximate surface area is 87.0 Å². The molecule has 0 fully saturated rings. The topological polar surface area (TPSA) is 55.0 Å². The van der Waals surface area contributed by atoms with Crippen LogP contribution in [0.5, 0.6) is 5.75 Å². The molecule has 0 bridgehead atoms. The molecule has 2 aromatic rings. The quantitative estimate of drug-likeness (QED) is 0.602. The van der Waals surface area contributed by atoms with Gasteiger partial charge in [0.2, 0.25) is 0 Å². The van der Waals surface area contributed by atoms with E-state index >= 15 is 0 Å². The van der Waals surface area contributed by atoms with Crippen molar-refractivity contribution in [2.45, 2.75) is 6.18 Å². The summed E-state index contributed by atoms with van der Waals surface area (Å²) in [6.45, 7) is 0. The highest BCUT2D eigenvalue weighted by atomic mass is 19.4. The molecule has 0 saturated carbocycles. The van der Waals surface area contributed by atoms with Crippen molar-refractivity contribution in [3.8, 4) is 5.75 Å². The number of imidazole rings is 1. The number of halogens is 3. The number of nitrogens with zero attached hydrogens (tertiary/aromatic N) is 1. The Bertz CT molecular complexity index is 533. The van der Waals surface area contributed by atoms with E-state index in [2.05, 4.69) is 14.7 Å². The van der Waals surface area contributed by atoms with Crippen LogP contribution in [0.25, 0.3) is 11.0 Å². The van der Waals surface area contributed by atoms with Crippen LogP contribution < -0.4 is 4.74 Å². The summed E-state index contributed by atoms with van der Waals surface area (Å²) in [5.74, 6) is -2.43. The maximum atomic E-state index is 11.9. The van der Waals surface area contributed by atoms with Crippen LogP contribution in [0.4, 0.5) is 13.2 Å². The number of benzene rings is 1. The molecular weight excluding hydrogens is 225 g/mol. The zero-order valence-electron chi connectivity index (χ0n) is 7.71. The van der Waals surface area contributed by atoms with E-state index in [1.54, 1.807) is 0 Å². The van der Waals surface area contributed by atoms with E-state index in [1.807, 2.05) is 0 Å². The van der Waals surface area contributed by atoms with Gasteiger partial charge in [-0.1, -0.05) is 0 Å². The number of hydrogen-bond acceptors (Lipinski definition) is 3. The largest absolute Gasteiger partial charge is 0.491 e. The fourth-order valence-corrected chi connectivity index (χ4v) is 1.14. The summed E-state index contributed by atoms with van der Waals surface area (Å²) < 4.78 is 39.8. The standard InChI is InChI=1S/C9H5F3N2O2/c10-9(11,12)8(15)16-5-1-2-6-7(3-5)14-4-13-6/h1-4H,(H,13,14). The first kappa shape index (κ1) is 10.5.